The molecule has 0 fully saturated rings. The third-order valence-corrected chi connectivity index (χ3v) is 8.19. The van der Waals surface area contributed by atoms with Crippen LogP contribution in [-0.4, -0.2) is 40.7 Å². The Hall–Kier alpha value is -3.42. The Kier molecular flexibility index (Phi) is 7.44. The van der Waals surface area contributed by atoms with Gasteiger partial charge < -0.3 is 19.5 Å². The molecule has 2 heterocycles. The molecule has 3 aromatic carbocycles. The second-order valence-electron chi connectivity index (χ2n) is 8.98. The highest BCUT2D eigenvalue weighted by Gasteiger charge is 2.38. The first-order valence-electron chi connectivity index (χ1n) is 12.1. The fourth-order valence-corrected chi connectivity index (χ4v) is 6.13. The normalized spacial score (nSPS) is 15.4. The number of methoxy groups -OCH3 is 1. The van der Waals surface area contributed by atoms with Crippen LogP contribution in [0.25, 0.3) is 10.9 Å². The molecule has 37 heavy (non-hydrogen) atoms. The average Bonchev–Trinajstić information content (AvgIpc) is 3.10. The average molecular weight is 534 g/mol. The van der Waals surface area contributed by atoms with Crippen molar-refractivity contribution in [3.05, 3.63) is 94.5 Å². The van der Waals surface area contributed by atoms with Crippen LogP contribution in [0.1, 0.15) is 22.7 Å². The van der Waals surface area contributed by atoms with Crippen molar-refractivity contribution < 1.29 is 14.3 Å². The zero-order valence-electron chi connectivity index (χ0n) is 20.7. The highest BCUT2D eigenvalue weighted by molar-refractivity contribution is 8.00. The molecule has 0 unspecified atom stereocenters. The largest absolute Gasteiger partial charge is 0.496 e. The molecular weight excluding hydrogens is 506 g/mol. The molecular formula is C29H28ClN3O3S. The van der Waals surface area contributed by atoms with Crippen molar-refractivity contribution in [3.63, 3.8) is 0 Å². The molecule has 1 aliphatic heterocycles. The number of amides is 2. The van der Waals surface area contributed by atoms with E-state index in [2.05, 4.69) is 9.88 Å². The van der Waals surface area contributed by atoms with Crippen molar-refractivity contribution in [2.45, 2.75) is 24.0 Å². The number of carbonyl (C=O) groups is 2. The Labute approximate surface area is 225 Å². The summed E-state index contributed by atoms with van der Waals surface area (Å²) in [7, 11) is 3.61. The summed E-state index contributed by atoms with van der Waals surface area (Å²) in [4.78, 5) is 29.2. The standard InChI is InChI=1S/C29H28ClN3O3S/c1-32-23-9-5-4-8-22(23)26-27(28(35)31-17-20-7-3-6-10-24(20)36-2)33(25(34)18-37-29(26)32)16-15-19-11-13-21(30)14-12-19/h3-14,27H,15-18H2,1-2H3,(H,31,35)/t27-/m1/s1. The number of aromatic nitrogens is 1. The third kappa shape index (κ3) is 5.06. The predicted molar refractivity (Wildman–Crippen MR) is 148 cm³/mol. The number of carbonyl (C=O) groups excluding carboxylic acids is 2. The number of para-hydroxylation sites is 2. The maximum absolute atomic E-state index is 14.0. The first-order valence-corrected chi connectivity index (χ1v) is 13.5. The van der Waals surface area contributed by atoms with Crippen molar-refractivity contribution in [2.75, 3.05) is 19.4 Å². The zero-order chi connectivity index (χ0) is 25.9. The number of fused-ring (bicyclic) bond motifs is 3. The van der Waals surface area contributed by atoms with Crippen LogP contribution in [0.5, 0.6) is 5.75 Å². The summed E-state index contributed by atoms with van der Waals surface area (Å²) in [6.45, 7) is 0.711. The minimum absolute atomic E-state index is 0.0586. The number of rotatable bonds is 7. The number of hydrogen-bond acceptors (Lipinski definition) is 4. The lowest BCUT2D eigenvalue weighted by Gasteiger charge is -2.30. The van der Waals surface area contributed by atoms with Gasteiger partial charge in [-0.05, 0) is 36.2 Å². The molecule has 1 atom stereocenters. The smallest absolute Gasteiger partial charge is 0.247 e. The molecule has 6 nitrogen and oxygen atoms in total. The monoisotopic (exact) mass is 533 g/mol. The van der Waals surface area contributed by atoms with Crippen LogP contribution in [-0.2, 0) is 29.6 Å². The molecule has 0 radical (unpaired) electrons. The molecule has 0 spiro atoms. The van der Waals surface area contributed by atoms with Gasteiger partial charge in [0.2, 0.25) is 11.8 Å². The lowest BCUT2D eigenvalue weighted by atomic mass is 10.0. The van der Waals surface area contributed by atoms with Gasteiger partial charge in [-0.15, -0.1) is 0 Å². The number of ether oxygens (including phenoxy) is 1. The lowest BCUT2D eigenvalue weighted by Crippen LogP contribution is -2.44. The van der Waals surface area contributed by atoms with Crippen molar-refractivity contribution in [2.24, 2.45) is 7.05 Å². The van der Waals surface area contributed by atoms with Crippen molar-refractivity contribution >= 4 is 46.1 Å². The lowest BCUT2D eigenvalue weighted by molar-refractivity contribution is -0.138. The Morgan fingerprint density at radius 3 is 2.59 bits per heavy atom. The zero-order valence-corrected chi connectivity index (χ0v) is 22.3. The van der Waals surface area contributed by atoms with Crippen LogP contribution in [0.2, 0.25) is 5.02 Å². The van der Waals surface area contributed by atoms with E-state index < -0.39 is 6.04 Å². The van der Waals surface area contributed by atoms with Gasteiger partial charge in [-0.3, -0.25) is 9.59 Å². The number of halogens is 1. The van der Waals surface area contributed by atoms with Crippen molar-refractivity contribution in [1.82, 2.24) is 14.8 Å². The summed E-state index contributed by atoms with van der Waals surface area (Å²) in [5.41, 5.74) is 3.84. The van der Waals surface area contributed by atoms with Gasteiger partial charge in [0.1, 0.15) is 11.8 Å². The van der Waals surface area contributed by atoms with Gasteiger partial charge in [-0.2, -0.15) is 0 Å². The molecule has 2 amide bonds. The molecule has 1 aromatic heterocycles. The maximum atomic E-state index is 14.0. The van der Waals surface area contributed by atoms with E-state index in [9.17, 15) is 9.59 Å². The predicted octanol–water partition coefficient (Wildman–Crippen LogP) is 5.37. The highest BCUT2D eigenvalue weighted by Crippen LogP contribution is 2.41. The summed E-state index contributed by atoms with van der Waals surface area (Å²) < 4.78 is 7.55. The van der Waals surface area contributed by atoms with Crippen LogP contribution in [0.3, 0.4) is 0 Å². The first-order chi connectivity index (χ1) is 18.0. The van der Waals surface area contributed by atoms with Gasteiger partial charge in [-0.25, -0.2) is 0 Å². The van der Waals surface area contributed by atoms with Crippen LogP contribution >= 0.6 is 23.4 Å². The maximum Gasteiger partial charge on any atom is 0.247 e. The van der Waals surface area contributed by atoms with Crippen LogP contribution in [0, 0.1) is 0 Å². The second-order valence-corrected chi connectivity index (χ2v) is 10.4. The summed E-state index contributed by atoms with van der Waals surface area (Å²) in [6.07, 6.45) is 0.615. The molecule has 4 aromatic rings. The summed E-state index contributed by atoms with van der Waals surface area (Å²) in [5.74, 6) is 0.710. The van der Waals surface area contributed by atoms with E-state index in [0.717, 1.165) is 32.6 Å². The number of aryl methyl sites for hydroxylation is 1. The summed E-state index contributed by atoms with van der Waals surface area (Å²) >= 11 is 7.55. The summed E-state index contributed by atoms with van der Waals surface area (Å²) in [6, 6.07) is 22.5. The van der Waals surface area contributed by atoms with E-state index in [4.69, 9.17) is 16.3 Å². The first kappa shape index (κ1) is 25.2. The van der Waals surface area contributed by atoms with Gasteiger partial charge in [0.25, 0.3) is 0 Å². The minimum atomic E-state index is -0.759. The van der Waals surface area contributed by atoms with Crippen LogP contribution < -0.4 is 10.1 Å². The minimum Gasteiger partial charge on any atom is -0.496 e. The van der Waals surface area contributed by atoms with E-state index in [1.54, 1.807) is 12.0 Å². The molecule has 190 valence electrons. The SMILES string of the molecule is COc1ccccc1CNC(=O)[C@H]1c2c(n(C)c3ccccc23)SCC(=O)N1CCc1ccc(Cl)cc1. The Bertz CT molecular complexity index is 1450. The molecule has 1 N–H and O–H groups in total. The molecule has 0 saturated heterocycles. The molecule has 8 heteroatoms. The van der Waals surface area contributed by atoms with Crippen molar-refractivity contribution in [1.29, 1.82) is 0 Å². The van der Waals surface area contributed by atoms with Gasteiger partial charge >= 0.3 is 0 Å². The molecule has 1 aliphatic rings. The molecule has 5 rings (SSSR count). The van der Waals surface area contributed by atoms with E-state index >= 15 is 0 Å². The number of hydrogen-bond donors (Lipinski definition) is 1. The number of nitrogens with one attached hydrogen (secondary N) is 1. The molecule has 0 aliphatic carbocycles. The van der Waals surface area contributed by atoms with E-state index in [1.165, 1.54) is 11.8 Å². The Morgan fingerprint density at radius 1 is 1.08 bits per heavy atom. The number of nitrogens with zero attached hydrogens (tertiary/aromatic N) is 2. The molecule has 0 saturated carbocycles. The number of thioether (sulfide) groups is 1. The van der Waals surface area contributed by atoms with E-state index in [1.807, 2.05) is 79.8 Å². The third-order valence-electron chi connectivity index (χ3n) is 6.78. The molecule has 0 bridgehead atoms. The van der Waals surface area contributed by atoms with Gasteiger partial charge in [0.05, 0.1) is 17.9 Å². The van der Waals surface area contributed by atoms with Crippen LogP contribution in [0.4, 0.5) is 0 Å². The summed E-state index contributed by atoms with van der Waals surface area (Å²) in [5, 5.41) is 5.69. The number of benzene rings is 3. The Balaban J connectivity index is 1.53. The highest BCUT2D eigenvalue weighted by atomic mass is 35.5. The van der Waals surface area contributed by atoms with Gasteiger partial charge in [0.15, 0.2) is 0 Å². The topological polar surface area (TPSA) is 63.6 Å². The van der Waals surface area contributed by atoms with E-state index in [0.29, 0.717) is 30.3 Å². The quantitative estimate of drug-likeness (QED) is 0.347. The van der Waals surface area contributed by atoms with Gasteiger partial charge in [-0.1, -0.05) is 71.9 Å². The van der Waals surface area contributed by atoms with E-state index in [-0.39, 0.29) is 17.6 Å². The fourth-order valence-electron chi connectivity index (χ4n) is 4.91. The van der Waals surface area contributed by atoms with Crippen LogP contribution in [0.15, 0.2) is 77.8 Å². The van der Waals surface area contributed by atoms with Crippen molar-refractivity contribution in [3.8, 4) is 5.75 Å². The second kappa shape index (κ2) is 10.9. The fraction of sp³-hybridized carbons (Fsp3) is 0.241. The Morgan fingerprint density at radius 2 is 1.81 bits per heavy atom. The van der Waals surface area contributed by atoms with Gasteiger partial charge in [0, 0.05) is 47.2 Å².